The van der Waals surface area contributed by atoms with E-state index >= 15 is 0 Å². The fraction of sp³-hybridized carbons (Fsp3) is 0.500. The molecule has 0 bridgehead atoms. The Bertz CT molecular complexity index is 361. The normalized spacial score (nSPS) is 10.6. The Morgan fingerprint density at radius 2 is 2.18 bits per heavy atom. The summed E-state index contributed by atoms with van der Waals surface area (Å²) in [7, 11) is 0. The summed E-state index contributed by atoms with van der Waals surface area (Å²) in [5.41, 5.74) is 7.51. The number of nitrogens with one attached hydrogen (secondary N) is 1. The molecule has 3 heteroatoms. The summed E-state index contributed by atoms with van der Waals surface area (Å²) in [6.45, 7) is 4.93. The van der Waals surface area contributed by atoms with Crippen LogP contribution in [0, 0.1) is 5.92 Å². The van der Waals surface area contributed by atoms with Gasteiger partial charge in [-0.25, -0.2) is 0 Å². The van der Waals surface area contributed by atoms with Crippen LogP contribution in [-0.4, -0.2) is 12.5 Å². The summed E-state index contributed by atoms with van der Waals surface area (Å²) >= 11 is 0. The minimum absolute atomic E-state index is 0.0390. The van der Waals surface area contributed by atoms with E-state index in [9.17, 15) is 4.79 Å². The van der Waals surface area contributed by atoms with Crippen LogP contribution in [-0.2, 0) is 11.2 Å². The number of carbonyl (C=O) groups is 1. The third-order valence-corrected chi connectivity index (χ3v) is 2.46. The van der Waals surface area contributed by atoms with E-state index in [0.717, 1.165) is 18.5 Å². The van der Waals surface area contributed by atoms with Gasteiger partial charge in [0.25, 0.3) is 0 Å². The minimum atomic E-state index is 0.0390. The van der Waals surface area contributed by atoms with Gasteiger partial charge in [-0.1, -0.05) is 26.0 Å². The summed E-state index contributed by atoms with van der Waals surface area (Å²) in [5.74, 6) is 0.662. The molecule has 0 atom stereocenters. The lowest BCUT2D eigenvalue weighted by molar-refractivity contribution is -0.116. The van der Waals surface area contributed by atoms with Crippen LogP contribution < -0.4 is 11.1 Å². The van der Waals surface area contributed by atoms with Crippen molar-refractivity contribution >= 4 is 11.6 Å². The molecule has 0 aliphatic rings. The topological polar surface area (TPSA) is 55.1 Å². The van der Waals surface area contributed by atoms with Crippen LogP contribution in [0.2, 0.25) is 0 Å². The summed E-state index contributed by atoms with van der Waals surface area (Å²) in [6.07, 6.45) is 2.26. The highest BCUT2D eigenvalue weighted by Crippen LogP contribution is 2.14. The maximum atomic E-state index is 11.5. The van der Waals surface area contributed by atoms with Crippen molar-refractivity contribution in [2.75, 3.05) is 11.9 Å². The Morgan fingerprint density at radius 3 is 2.82 bits per heavy atom. The molecule has 17 heavy (non-hydrogen) atoms. The molecule has 1 rings (SSSR count). The van der Waals surface area contributed by atoms with Crippen molar-refractivity contribution in [2.45, 2.75) is 33.1 Å². The molecule has 1 aromatic carbocycles. The van der Waals surface area contributed by atoms with Gasteiger partial charge in [0.1, 0.15) is 0 Å². The lowest BCUT2D eigenvalue weighted by Crippen LogP contribution is -2.13. The van der Waals surface area contributed by atoms with E-state index in [1.54, 1.807) is 0 Å². The van der Waals surface area contributed by atoms with E-state index in [-0.39, 0.29) is 5.91 Å². The van der Waals surface area contributed by atoms with Crippen LogP contribution in [0.15, 0.2) is 24.3 Å². The highest BCUT2D eigenvalue weighted by atomic mass is 16.1. The molecule has 0 fully saturated rings. The number of anilines is 1. The first-order valence-electron chi connectivity index (χ1n) is 6.20. The molecule has 1 amide bonds. The fourth-order valence-corrected chi connectivity index (χ4v) is 1.73. The zero-order valence-electron chi connectivity index (χ0n) is 10.7. The van der Waals surface area contributed by atoms with Crippen LogP contribution in [0.4, 0.5) is 5.69 Å². The predicted octanol–water partition coefficient (Wildman–Crippen LogP) is 2.56. The van der Waals surface area contributed by atoms with Crippen molar-refractivity contribution in [3.05, 3.63) is 29.8 Å². The smallest absolute Gasteiger partial charge is 0.224 e. The van der Waals surface area contributed by atoms with Gasteiger partial charge in [0.2, 0.25) is 5.91 Å². The zero-order chi connectivity index (χ0) is 12.7. The highest BCUT2D eigenvalue weighted by Gasteiger charge is 2.03. The first-order chi connectivity index (χ1) is 8.11. The molecule has 94 valence electrons. The lowest BCUT2D eigenvalue weighted by Gasteiger charge is -2.08. The Kier molecular flexibility index (Phi) is 5.70. The van der Waals surface area contributed by atoms with Crippen molar-refractivity contribution in [3.63, 3.8) is 0 Å². The van der Waals surface area contributed by atoms with Gasteiger partial charge in [0.15, 0.2) is 0 Å². The van der Waals surface area contributed by atoms with Crippen LogP contribution >= 0.6 is 0 Å². The quantitative estimate of drug-likeness (QED) is 0.794. The molecule has 3 N–H and O–H groups in total. The fourth-order valence-electron chi connectivity index (χ4n) is 1.73. The maximum Gasteiger partial charge on any atom is 0.224 e. The molecule has 0 aliphatic carbocycles. The van der Waals surface area contributed by atoms with Gasteiger partial charge in [0, 0.05) is 12.1 Å². The SMILES string of the molecule is CC(C)Cc1cccc(NC(=O)CCCN)c1. The largest absolute Gasteiger partial charge is 0.330 e. The van der Waals surface area contributed by atoms with E-state index in [1.165, 1.54) is 5.56 Å². The summed E-state index contributed by atoms with van der Waals surface area (Å²) in [6, 6.07) is 8.04. The van der Waals surface area contributed by atoms with Crippen molar-refractivity contribution in [2.24, 2.45) is 11.7 Å². The molecular formula is C14H22N2O. The third kappa shape index (κ3) is 5.50. The number of rotatable bonds is 6. The van der Waals surface area contributed by atoms with Crippen molar-refractivity contribution in [1.29, 1.82) is 0 Å². The molecule has 0 spiro atoms. The third-order valence-electron chi connectivity index (χ3n) is 2.46. The van der Waals surface area contributed by atoms with E-state index < -0.39 is 0 Å². The van der Waals surface area contributed by atoms with Gasteiger partial charge in [-0.05, 0) is 43.0 Å². The van der Waals surface area contributed by atoms with Crippen LogP contribution in [0.25, 0.3) is 0 Å². The van der Waals surface area contributed by atoms with Crippen LogP contribution in [0.3, 0.4) is 0 Å². The van der Waals surface area contributed by atoms with Crippen LogP contribution in [0.5, 0.6) is 0 Å². The Hall–Kier alpha value is -1.35. The molecule has 0 saturated heterocycles. The molecule has 3 nitrogen and oxygen atoms in total. The maximum absolute atomic E-state index is 11.5. The number of carbonyl (C=O) groups excluding carboxylic acids is 1. The highest BCUT2D eigenvalue weighted by molar-refractivity contribution is 5.90. The molecule has 1 aromatic rings. The average Bonchev–Trinajstić information content (AvgIpc) is 2.26. The molecular weight excluding hydrogens is 212 g/mol. The van der Waals surface area contributed by atoms with Gasteiger partial charge in [0.05, 0.1) is 0 Å². The number of amides is 1. The van der Waals surface area contributed by atoms with Crippen LogP contribution in [0.1, 0.15) is 32.3 Å². The van der Waals surface area contributed by atoms with Crippen molar-refractivity contribution < 1.29 is 4.79 Å². The summed E-state index contributed by atoms with van der Waals surface area (Å²) in [5, 5.41) is 2.90. The van der Waals surface area contributed by atoms with E-state index in [4.69, 9.17) is 5.73 Å². The Morgan fingerprint density at radius 1 is 1.41 bits per heavy atom. The average molecular weight is 234 g/mol. The number of hydrogen-bond donors (Lipinski definition) is 2. The van der Waals surface area contributed by atoms with Crippen molar-refractivity contribution in [1.82, 2.24) is 0 Å². The molecule has 0 aliphatic heterocycles. The monoisotopic (exact) mass is 234 g/mol. The van der Waals surface area contributed by atoms with Gasteiger partial charge >= 0.3 is 0 Å². The van der Waals surface area contributed by atoms with Gasteiger partial charge in [-0.15, -0.1) is 0 Å². The molecule has 0 saturated carbocycles. The van der Waals surface area contributed by atoms with Gasteiger partial charge in [-0.3, -0.25) is 4.79 Å². The second-order valence-electron chi connectivity index (χ2n) is 4.74. The van der Waals surface area contributed by atoms with Crippen molar-refractivity contribution in [3.8, 4) is 0 Å². The van der Waals surface area contributed by atoms with Gasteiger partial charge in [-0.2, -0.15) is 0 Å². The van der Waals surface area contributed by atoms with Gasteiger partial charge < -0.3 is 11.1 Å². The molecule has 0 aromatic heterocycles. The Labute approximate surface area is 103 Å². The molecule has 0 radical (unpaired) electrons. The minimum Gasteiger partial charge on any atom is -0.330 e. The number of nitrogens with two attached hydrogens (primary N) is 1. The van der Waals surface area contributed by atoms with E-state index in [2.05, 4.69) is 25.2 Å². The standard InChI is InChI=1S/C14H22N2O/c1-11(2)9-12-5-3-6-13(10-12)16-14(17)7-4-8-15/h3,5-6,10-11H,4,7-9,15H2,1-2H3,(H,16,17). The first kappa shape index (κ1) is 13.7. The summed E-state index contributed by atoms with van der Waals surface area (Å²) in [4.78, 5) is 11.5. The second kappa shape index (κ2) is 7.07. The second-order valence-corrected chi connectivity index (χ2v) is 4.74. The Balaban J connectivity index is 2.56. The molecule has 0 heterocycles. The number of hydrogen-bond acceptors (Lipinski definition) is 2. The summed E-state index contributed by atoms with van der Waals surface area (Å²) < 4.78 is 0. The first-order valence-corrected chi connectivity index (χ1v) is 6.20. The van der Waals surface area contributed by atoms with E-state index in [1.807, 2.05) is 18.2 Å². The number of benzene rings is 1. The predicted molar refractivity (Wildman–Crippen MR) is 71.9 cm³/mol. The zero-order valence-corrected chi connectivity index (χ0v) is 10.7. The lowest BCUT2D eigenvalue weighted by atomic mass is 10.0. The van der Waals surface area contributed by atoms with E-state index in [0.29, 0.717) is 18.9 Å². The molecule has 0 unspecified atom stereocenters.